The van der Waals surface area contributed by atoms with Gasteiger partial charge in [-0.25, -0.2) is 0 Å². The molecule has 86 valence electrons. The second-order valence-corrected chi connectivity index (χ2v) is 4.29. The average Bonchev–Trinajstić information content (AvgIpc) is 2.86. The zero-order valence-corrected chi connectivity index (χ0v) is 10.5. The summed E-state index contributed by atoms with van der Waals surface area (Å²) in [5, 5.41) is 14.2. The molecule has 0 spiro atoms. The second kappa shape index (κ2) is 4.84. The normalized spacial score (nSPS) is 12.9. The third-order valence-corrected chi connectivity index (χ3v) is 3.09. The minimum Gasteiger partial charge on any atom is -0.457 e. The van der Waals surface area contributed by atoms with Gasteiger partial charge in [0.25, 0.3) is 0 Å². The average molecular weight is 285 g/mol. The van der Waals surface area contributed by atoms with Crippen molar-refractivity contribution in [2.24, 2.45) is 0 Å². The number of hydrogen-bond donors (Lipinski definition) is 1. The number of aliphatic hydroxyl groups is 1. The molecule has 0 aromatic carbocycles. The van der Waals surface area contributed by atoms with Crippen LogP contribution in [0.1, 0.15) is 24.2 Å². The van der Waals surface area contributed by atoms with Crippen LogP contribution in [0, 0.1) is 0 Å². The SMILES string of the molecule is CCn1cc(CC(O)c2ccoc2Br)cn1. The molecule has 2 aromatic rings. The van der Waals surface area contributed by atoms with Crippen molar-refractivity contribution in [1.29, 1.82) is 0 Å². The van der Waals surface area contributed by atoms with Crippen molar-refractivity contribution in [3.63, 3.8) is 0 Å². The van der Waals surface area contributed by atoms with Crippen LogP contribution in [0.3, 0.4) is 0 Å². The summed E-state index contributed by atoms with van der Waals surface area (Å²) in [6.07, 6.45) is 5.25. The number of furan rings is 1. The lowest BCUT2D eigenvalue weighted by atomic mass is 10.1. The lowest BCUT2D eigenvalue weighted by Gasteiger charge is -2.06. The number of aliphatic hydroxyl groups excluding tert-OH is 1. The molecular formula is C11H13BrN2O2. The molecule has 0 bridgehead atoms. The summed E-state index contributed by atoms with van der Waals surface area (Å²) in [4.78, 5) is 0. The van der Waals surface area contributed by atoms with Crippen molar-refractivity contribution in [1.82, 2.24) is 9.78 Å². The van der Waals surface area contributed by atoms with E-state index in [9.17, 15) is 5.11 Å². The van der Waals surface area contributed by atoms with Gasteiger partial charge in [-0.2, -0.15) is 5.10 Å². The van der Waals surface area contributed by atoms with E-state index in [0.29, 0.717) is 11.1 Å². The van der Waals surface area contributed by atoms with Crippen LogP contribution in [0.15, 0.2) is 33.8 Å². The van der Waals surface area contributed by atoms with Gasteiger partial charge in [-0.15, -0.1) is 0 Å². The minimum absolute atomic E-state index is 0.540. The maximum atomic E-state index is 10.00. The molecule has 0 aliphatic heterocycles. The Labute approximate surface area is 102 Å². The summed E-state index contributed by atoms with van der Waals surface area (Å²) in [7, 11) is 0. The molecule has 0 fully saturated rings. The molecule has 2 aromatic heterocycles. The van der Waals surface area contributed by atoms with Crippen molar-refractivity contribution < 1.29 is 9.52 Å². The molecule has 0 saturated heterocycles. The molecule has 2 rings (SSSR count). The van der Waals surface area contributed by atoms with Crippen LogP contribution in [0.2, 0.25) is 0 Å². The number of rotatable bonds is 4. The molecule has 0 radical (unpaired) electrons. The molecule has 4 nitrogen and oxygen atoms in total. The van der Waals surface area contributed by atoms with E-state index in [1.807, 2.05) is 17.8 Å². The Bertz CT molecular complexity index is 464. The first kappa shape index (κ1) is 11.4. The van der Waals surface area contributed by atoms with Crippen LogP contribution >= 0.6 is 15.9 Å². The summed E-state index contributed by atoms with van der Waals surface area (Å²) in [5.41, 5.74) is 1.78. The molecular weight excluding hydrogens is 272 g/mol. The topological polar surface area (TPSA) is 51.2 Å². The van der Waals surface area contributed by atoms with Crippen molar-refractivity contribution >= 4 is 15.9 Å². The Morgan fingerprint density at radius 1 is 1.62 bits per heavy atom. The second-order valence-electron chi connectivity index (χ2n) is 3.57. The highest BCUT2D eigenvalue weighted by Crippen LogP contribution is 2.26. The van der Waals surface area contributed by atoms with Crippen molar-refractivity contribution in [3.8, 4) is 0 Å². The Hall–Kier alpha value is -1.07. The molecule has 2 heterocycles. The number of nitrogens with zero attached hydrogens (tertiary/aromatic N) is 2. The fourth-order valence-corrected chi connectivity index (χ4v) is 2.06. The van der Waals surface area contributed by atoms with E-state index < -0.39 is 6.10 Å². The van der Waals surface area contributed by atoms with Crippen LogP contribution in [0.25, 0.3) is 0 Å². The Kier molecular flexibility index (Phi) is 3.46. The van der Waals surface area contributed by atoms with Gasteiger partial charge in [0.05, 0.1) is 18.6 Å². The van der Waals surface area contributed by atoms with E-state index in [1.165, 1.54) is 0 Å². The Morgan fingerprint density at radius 3 is 3.00 bits per heavy atom. The molecule has 1 N–H and O–H groups in total. The van der Waals surface area contributed by atoms with Gasteiger partial charge < -0.3 is 9.52 Å². The molecule has 16 heavy (non-hydrogen) atoms. The molecule has 0 saturated carbocycles. The van der Waals surface area contributed by atoms with Gasteiger partial charge in [0.2, 0.25) is 0 Å². The highest BCUT2D eigenvalue weighted by Gasteiger charge is 2.15. The van der Waals surface area contributed by atoms with Crippen LogP contribution < -0.4 is 0 Å². The number of aromatic nitrogens is 2. The minimum atomic E-state index is -0.567. The van der Waals surface area contributed by atoms with Crippen LogP contribution in [-0.4, -0.2) is 14.9 Å². The van der Waals surface area contributed by atoms with Gasteiger partial charge in [0.1, 0.15) is 0 Å². The highest BCUT2D eigenvalue weighted by molar-refractivity contribution is 9.10. The largest absolute Gasteiger partial charge is 0.457 e. The van der Waals surface area contributed by atoms with Crippen LogP contribution in [-0.2, 0) is 13.0 Å². The lowest BCUT2D eigenvalue weighted by Crippen LogP contribution is -2.00. The van der Waals surface area contributed by atoms with E-state index in [4.69, 9.17) is 4.42 Å². The van der Waals surface area contributed by atoms with Gasteiger partial charge in [-0.1, -0.05) is 0 Å². The van der Waals surface area contributed by atoms with Crippen molar-refractivity contribution in [2.75, 3.05) is 0 Å². The monoisotopic (exact) mass is 284 g/mol. The van der Waals surface area contributed by atoms with Crippen molar-refractivity contribution in [3.05, 3.63) is 40.5 Å². The third kappa shape index (κ3) is 2.36. The van der Waals surface area contributed by atoms with Gasteiger partial charge in [0, 0.05) is 24.7 Å². The zero-order chi connectivity index (χ0) is 11.5. The molecule has 0 amide bonds. The third-order valence-electron chi connectivity index (χ3n) is 2.44. The summed E-state index contributed by atoms with van der Waals surface area (Å²) in [6.45, 7) is 2.87. The van der Waals surface area contributed by atoms with Gasteiger partial charge in [-0.3, -0.25) is 4.68 Å². The summed E-state index contributed by atoms with van der Waals surface area (Å²) in [6, 6.07) is 1.76. The molecule has 1 atom stereocenters. The van der Waals surface area contributed by atoms with Gasteiger partial charge in [0.15, 0.2) is 4.67 Å². The molecule has 5 heteroatoms. The lowest BCUT2D eigenvalue weighted by molar-refractivity contribution is 0.176. The molecule has 1 unspecified atom stereocenters. The van der Waals surface area contributed by atoms with Gasteiger partial charge in [-0.05, 0) is 34.5 Å². The summed E-state index contributed by atoms with van der Waals surface area (Å²) >= 11 is 3.25. The zero-order valence-electron chi connectivity index (χ0n) is 8.93. The Balaban J connectivity index is 2.07. The maximum Gasteiger partial charge on any atom is 0.174 e. The predicted octanol–water partition coefficient (Wildman–Crippen LogP) is 2.53. The fraction of sp³-hybridized carbons (Fsp3) is 0.364. The van der Waals surface area contributed by atoms with E-state index >= 15 is 0 Å². The van der Waals surface area contributed by atoms with E-state index in [-0.39, 0.29) is 0 Å². The van der Waals surface area contributed by atoms with E-state index in [1.54, 1.807) is 18.5 Å². The summed E-state index contributed by atoms with van der Waals surface area (Å²) < 4.78 is 7.51. The maximum absolute atomic E-state index is 10.00. The Morgan fingerprint density at radius 2 is 2.44 bits per heavy atom. The number of halogens is 1. The summed E-state index contributed by atoms with van der Waals surface area (Å²) in [5.74, 6) is 0. The quantitative estimate of drug-likeness (QED) is 0.939. The van der Waals surface area contributed by atoms with Crippen LogP contribution in [0.5, 0.6) is 0 Å². The molecule has 0 aliphatic carbocycles. The fourth-order valence-electron chi connectivity index (χ4n) is 1.56. The first-order valence-corrected chi connectivity index (χ1v) is 5.92. The van der Waals surface area contributed by atoms with Gasteiger partial charge >= 0.3 is 0 Å². The number of hydrogen-bond acceptors (Lipinski definition) is 3. The standard InChI is InChI=1S/C11H13BrN2O2/c1-2-14-7-8(6-13-14)5-10(15)9-3-4-16-11(9)12/h3-4,6-7,10,15H,2,5H2,1H3. The smallest absolute Gasteiger partial charge is 0.174 e. The van der Waals surface area contributed by atoms with E-state index in [2.05, 4.69) is 21.0 Å². The first-order valence-electron chi connectivity index (χ1n) is 5.13. The molecule has 0 aliphatic rings. The first-order chi connectivity index (χ1) is 7.70. The van der Waals surface area contributed by atoms with Crippen LogP contribution in [0.4, 0.5) is 0 Å². The predicted molar refractivity (Wildman–Crippen MR) is 63.0 cm³/mol. The highest BCUT2D eigenvalue weighted by atomic mass is 79.9. The van der Waals surface area contributed by atoms with Crippen molar-refractivity contribution in [2.45, 2.75) is 26.0 Å². The van der Waals surface area contributed by atoms with E-state index in [0.717, 1.165) is 17.7 Å². The number of aryl methyl sites for hydroxylation is 1.